The fourth-order valence-electron chi connectivity index (χ4n) is 7.95. The molecule has 34 heavy (non-hydrogen) atoms. The maximum absolute atomic E-state index is 13.8. The quantitative estimate of drug-likeness (QED) is 0.679. The normalized spacial score (nSPS) is 34.4. The number of benzene rings is 1. The van der Waals surface area contributed by atoms with E-state index in [4.69, 9.17) is 4.74 Å². The van der Waals surface area contributed by atoms with Gasteiger partial charge in [0.15, 0.2) is 0 Å². The van der Waals surface area contributed by atoms with Gasteiger partial charge in [-0.05, 0) is 80.2 Å². The highest BCUT2D eigenvalue weighted by Gasteiger charge is 2.64. The summed E-state index contributed by atoms with van der Waals surface area (Å²) in [5.41, 5.74) is 1.12. The molecule has 0 spiro atoms. The lowest BCUT2D eigenvalue weighted by atomic mass is 9.52. The topological polar surface area (TPSA) is 53.0 Å². The maximum Gasteiger partial charge on any atom is 0.223 e. The molecule has 2 heterocycles. The van der Waals surface area contributed by atoms with Crippen LogP contribution in [0.4, 0.5) is 0 Å². The summed E-state index contributed by atoms with van der Waals surface area (Å²) < 4.78 is 5.61. The summed E-state index contributed by atoms with van der Waals surface area (Å²) in [5.74, 6) is 2.65. The number of piperidine rings is 1. The number of nitrogens with zero attached hydrogens (tertiary/aromatic N) is 2. The van der Waals surface area contributed by atoms with Gasteiger partial charge in [0.25, 0.3) is 0 Å². The van der Waals surface area contributed by atoms with Gasteiger partial charge < -0.3 is 14.7 Å². The van der Waals surface area contributed by atoms with Crippen LogP contribution in [0.15, 0.2) is 18.2 Å². The first kappa shape index (κ1) is 22.8. The molecule has 1 aromatic rings. The van der Waals surface area contributed by atoms with Crippen molar-refractivity contribution in [3.05, 3.63) is 29.3 Å². The van der Waals surface area contributed by atoms with Crippen LogP contribution < -0.4 is 4.74 Å². The molecule has 2 bridgehead atoms. The number of carbonyl (C=O) groups is 1. The highest BCUT2D eigenvalue weighted by Crippen LogP contribution is 2.57. The third-order valence-corrected chi connectivity index (χ3v) is 10.2. The third kappa shape index (κ3) is 3.78. The van der Waals surface area contributed by atoms with Crippen LogP contribution in [0, 0.1) is 11.8 Å². The van der Waals surface area contributed by atoms with Crippen molar-refractivity contribution in [2.75, 3.05) is 33.3 Å². The van der Waals surface area contributed by atoms with Gasteiger partial charge >= 0.3 is 0 Å². The van der Waals surface area contributed by atoms with Crippen LogP contribution >= 0.6 is 0 Å². The summed E-state index contributed by atoms with van der Waals surface area (Å²) in [5, 5.41) is 12.6. The first-order chi connectivity index (χ1) is 16.5. The lowest BCUT2D eigenvalue weighted by Gasteiger charge is -2.61. The van der Waals surface area contributed by atoms with Gasteiger partial charge in [0.1, 0.15) is 5.75 Å². The summed E-state index contributed by atoms with van der Waals surface area (Å²) in [4.78, 5) is 18.5. The van der Waals surface area contributed by atoms with Crippen molar-refractivity contribution in [2.45, 2.75) is 94.1 Å². The zero-order valence-electron chi connectivity index (χ0n) is 20.9. The van der Waals surface area contributed by atoms with E-state index in [1.54, 1.807) is 7.11 Å². The summed E-state index contributed by atoms with van der Waals surface area (Å²) in [6.07, 6.45) is 13.3. The Morgan fingerprint density at radius 3 is 2.65 bits per heavy atom. The Morgan fingerprint density at radius 2 is 1.88 bits per heavy atom. The van der Waals surface area contributed by atoms with E-state index >= 15 is 0 Å². The third-order valence-electron chi connectivity index (χ3n) is 10.2. The molecule has 1 N–H and O–H groups in total. The average molecular weight is 467 g/mol. The molecule has 5 aliphatic rings. The number of aliphatic hydroxyl groups is 1. The Kier molecular flexibility index (Phi) is 5.92. The van der Waals surface area contributed by atoms with E-state index in [9.17, 15) is 9.90 Å². The summed E-state index contributed by atoms with van der Waals surface area (Å²) >= 11 is 0. The van der Waals surface area contributed by atoms with Crippen LogP contribution in [-0.2, 0) is 16.6 Å². The number of hydrogen-bond acceptors (Lipinski definition) is 4. The molecule has 6 rings (SSSR count). The number of rotatable bonds is 6. The molecule has 2 saturated heterocycles. The predicted octanol–water partition coefficient (Wildman–Crippen LogP) is 4.30. The minimum Gasteiger partial charge on any atom is -0.497 e. The molecule has 1 amide bonds. The van der Waals surface area contributed by atoms with Crippen LogP contribution in [0.1, 0.15) is 81.8 Å². The van der Waals surface area contributed by atoms with E-state index < -0.39 is 11.0 Å². The second-order valence-corrected chi connectivity index (χ2v) is 12.0. The van der Waals surface area contributed by atoms with Crippen molar-refractivity contribution in [2.24, 2.45) is 11.8 Å². The van der Waals surface area contributed by atoms with Crippen molar-refractivity contribution in [1.82, 2.24) is 9.80 Å². The summed E-state index contributed by atoms with van der Waals surface area (Å²) in [7, 11) is 1.71. The summed E-state index contributed by atoms with van der Waals surface area (Å²) in [6, 6.07) is 6.49. The van der Waals surface area contributed by atoms with Gasteiger partial charge in [-0.15, -0.1) is 0 Å². The van der Waals surface area contributed by atoms with Gasteiger partial charge in [0.2, 0.25) is 5.91 Å². The fraction of sp³-hybridized carbons (Fsp3) is 0.759. The minimum absolute atomic E-state index is 0.105. The first-order valence-electron chi connectivity index (χ1n) is 13.9. The number of methoxy groups -OCH3 is 1. The first-order valence-corrected chi connectivity index (χ1v) is 13.9. The standard InChI is InChI=1S/C29H42N2O3/c1-34-24-10-9-23-17-26-29(33)13-16-30(14-11-21-5-3-2-4-6-21)27(32)19-28(29,25(23)18-24)12-15-31(26)20-22-7-8-22/h9-10,18,21-22,26,33H,2-8,11-17,19-20H2,1H3/t26-,28-,29-/m1/s1. The van der Waals surface area contributed by atoms with Crippen LogP contribution in [-0.4, -0.2) is 65.7 Å². The van der Waals surface area contributed by atoms with Crippen molar-refractivity contribution in [3.63, 3.8) is 0 Å². The molecule has 5 nitrogen and oxygen atoms in total. The van der Waals surface area contributed by atoms with Crippen molar-refractivity contribution in [3.8, 4) is 5.75 Å². The molecule has 0 radical (unpaired) electrons. The molecule has 0 unspecified atom stereocenters. The van der Waals surface area contributed by atoms with Crippen molar-refractivity contribution >= 4 is 5.91 Å². The molecule has 2 aliphatic heterocycles. The second kappa shape index (κ2) is 8.81. The molecule has 2 saturated carbocycles. The van der Waals surface area contributed by atoms with E-state index in [1.807, 2.05) is 0 Å². The van der Waals surface area contributed by atoms with E-state index in [2.05, 4.69) is 28.0 Å². The summed E-state index contributed by atoms with van der Waals surface area (Å²) in [6.45, 7) is 3.64. The van der Waals surface area contributed by atoms with E-state index in [0.29, 0.717) is 19.4 Å². The molecule has 5 heteroatoms. The molecule has 3 aliphatic carbocycles. The smallest absolute Gasteiger partial charge is 0.223 e. The Morgan fingerprint density at radius 1 is 1.06 bits per heavy atom. The maximum atomic E-state index is 13.8. The van der Waals surface area contributed by atoms with Crippen molar-refractivity contribution in [1.29, 1.82) is 0 Å². The lowest BCUT2D eigenvalue weighted by molar-refractivity contribution is -0.153. The monoisotopic (exact) mass is 466 g/mol. The molecule has 186 valence electrons. The number of fused-ring (bicyclic) bond motifs is 1. The van der Waals surface area contributed by atoms with Crippen LogP contribution in [0.25, 0.3) is 0 Å². The largest absolute Gasteiger partial charge is 0.497 e. The number of likely N-dealkylation sites (tertiary alicyclic amines) is 2. The van der Waals surface area contributed by atoms with Gasteiger partial charge in [0, 0.05) is 37.5 Å². The van der Waals surface area contributed by atoms with Gasteiger partial charge in [0.05, 0.1) is 12.7 Å². The second-order valence-electron chi connectivity index (χ2n) is 12.0. The fourth-order valence-corrected chi connectivity index (χ4v) is 7.95. The molecular weight excluding hydrogens is 424 g/mol. The molecule has 1 aromatic carbocycles. The highest BCUT2D eigenvalue weighted by atomic mass is 16.5. The Hall–Kier alpha value is -1.59. The predicted molar refractivity (Wildman–Crippen MR) is 133 cm³/mol. The van der Waals surface area contributed by atoms with E-state index in [-0.39, 0.29) is 11.9 Å². The van der Waals surface area contributed by atoms with E-state index in [1.165, 1.54) is 56.1 Å². The number of hydrogen-bond donors (Lipinski definition) is 1. The van der Waals surface area contributed by atoms with Gasteiger partial charge in [-0.3, -0.25) is 9.69 Å². The Labute approximate surface area is 204 Å². The van der Waals surface area contributed by atoms with Crippen LogP contribution in [0.2, 0.25) is 0 Å². The van der Waals surface area contributed by atoms with Crippen molar-refractivity contribution < 1.29 is 14.6 Å². The minimum atomic E-state index is -0.866. The van der Waals surface area contributed by atoms with Gasteiger partial charge in [-0.25, -0.2) is 0 Å². The molecule has 3 atom stereocenters. The number of ether oxygens (including phenoxy) is 1. The molecule has 4 fully saturated rings. The number of amides is 1. The van der Waals surface area contributed by atoms with E-state index in [0.717, 1.165) is 56.5 Å². The average Bonchev–Trinajstić information content (AvgIpc) is 3.68. The molecular formula is C29H42N2O3. The zero-order valence-corrected chi connectivity index (χ0v) is 20.9. The zero-order chi connectivity index (χ0) is 23.3. The van der Waals surface area contributed by atoms with Crippen LogP contribution in [0.3, 0.4) is 0 Å². The Bertz CT molecular complexity index is 924. The lowest BCUT2D eigenvalue weighted by Crippen LogP contribution is -2.71. The van der Waals surface area contributed by atoms with Gasteiger partial charge in [-0.2, -0.15) is 0 Å². The Balaban J connectivity index is 1.33. The highest BCUT2D eigenvalue weighted by molar-refractivity contribution is 5.79. The number of carbonyl (C=O) groups excluding carboxylic acids is 1. The van der Waals surface area contributed by atoms with Crippen LogP contribution in [0.5, 0.6) is 5.75 Å². The SMILES string of the molecule is COc1ccc2c(c1)[C@]13CCN(CC4CC4)[C@H](C2)[C@]1(O)CCN(CCC1CCCCC1)C(=O)C3. The van der Waals surface area contributed by atoms with Gasteiger partial charge in [-0.1, -0.05) is 38.2 Å². The molecule has 0 aromatic heterocycles.